The predicted molar refractivity (Wildman–Crippen MR) is 312 cm³/mol. The van der Waals surface area contributed by atoms with E-state index in [0.29, 0.717) is 51.0 Å². The highest BCUT2D eigenvalue weighted by atomic mass is 15.2. The van der Waals surface area contributed by atoms with E-state index in [-0.39, 0.29) is 5.41 Å². The largest absolute Gasteiger partial charge is 0.278 e. The standard InChI is InChI=1S/C72H42N4/c1-9-45-31-34-52(37-48(45)12-4)57-41-60(53-35-32-46(10-2)49(13-5)38-53)68(61(42-57)54-36-33-47(11-3)50(14-6)39-54)55-25-22-26-56(40-55)70-73-69(51-23-16-15-17-24-51)74-71(75-70)76-66-30-21-19-28-59(66)63-43-62-58-27-18-20-29-64(58)72(7,8)65(62)44-67(63)76/h1-6,15-44H,7-8H3. The molecule has 0 N–H and O–H groups in total. The normalized spacial score (nSPS) is 11.8. The van der Waals surface area contributed by atoms with Crippen LogP contribution in [0.2, 0.25) is 0 Å². The molecule has 0 saturated carbocycles. The number of nitrogens with zero attached hydrogens (tertiary/aromatic N) is 4. The minimum absolute atomic E-state index is 0.230. The van der Waals surface area contributed by atoms with Gasteiger partial charge in [0.1, 0.15) is 0 Å². The molecule has 76 heavy (non-hydrogen) atoms. The van der Waals surface area contributed by atoms with Crippen LogP contribution in [0.3, 0.4) is 0 Å². The summed E-state index contributed by atoms with van der Waals surface area (Å²) in [6.45, 7) is 4.60. The third-order valence-electron chi connectivity index (χ3n) is 14.7. The van der Waals surface area contributed by atoms with Crippen molar-refractivity contribution in [3.63, 3.8) is 0 Å². The highest BCUT2D eigenvalue weighted by molar-refractivity contribution is 6.11. The van der Waals surface area contributed by atoms with Crippen molar-refractivity contribution in [3.05, 3.63) is 226 Å². The molecule has 0 fully saturated rings. The van der Waals surface area contributed by atoms with Gasteiger partial charge in [0.2, 0.25) is 5.95 Å². The van der Waals surface area contributed by atoms with Crippen LogP contribution in [0.25, 0.3) is 106 Å². The Labute approximate surface area is 443 Å². The lowest BCUT2D eigenvalue weighted by Gasteiger charge is -2.21. The zero-order chi connectivity index (χ0) is 52.2. The first-order chi connectivity index (χ1) is 37.1. The van der Waals surface area contributed by atoms with Gasteiger partial charge < -0.3 is 0 Å². The maximum Gasteiger partial charge on any atom is 0.238 e. The first-order valence-corrected chi connectivity index (χ1v) is 24.7. The molecule has 12 rings (SSSR count). The van der Waals surface area contributed by atoms with Gasteiger partial charge in [0.05, 0.1) is 11.0 Å². The lowest BCUT2D eigenvalue weighted by Crippen LogP contribution is -2.15. The summed E-state index contributed by atoms with van der Waals surface area (Å²) in [6.07, 6.45) is 36.2. The van der Waals surface area contributed by atoms with E-state index in [1.165, 1.54) is 22.3 Å². The smallest absolute Gasteiger partial charge is 0.238 e. The van der Waals surface area contributed by atoms with E-state index >= 15 is 0 Å². The molecule has 0 saturated heterocycles. The summed E-state index contributed by atoms with van der Waals surface area (Å²) in [5.41, 5.74) is 18.9. The predicted octanol–water partition coefficient (Wildman–Crippen LogP) is 15.2. The SMILES string of the molecule is C#Cc1ccc(-c2cc(-c3ccc(C#C)c(C#C)c3)c(-c3cccc(-c4nc(-c5ccccc5)nc(-n5c6ccccc6c6cc7c(cc65)C(C)(C)c5ccccc5-7)n4)c3)c(-c3ccc(C#C)c(C#C)c3)c2)cc1C#C. The molecule has 4 heteroatoms. The van der Waals surface area contributed by atoms with E-state index in [1.807, 2.05) is 97.1 Å². The van der Waals surface area contributed by atoms with Gasteiger partial charge in [0.15, 0.2) is 11.6 Å². The topological polar surface area (TPSA) is 43.6 Å². The molecular formula is C72H42N4. The molecule has 1 aliphatic carbocycles. The summed E-state index contributed by atoms with van der Waals surface area (Å²) in [5, 5.41) is 2.22. The Hall–Kier alpha value is -10.9. The summed E-state index contributed by atoms with van der Waals surface area (Å²) in [4.78, 5) is 16.0. The van der Waals surface area contributed by atoms with Crippen LogP contribution in [0.4, 0.5) is 0 Å². The van der Waals surface area contributed by atoms with Crippen LogP contribution in [-0.2, 0) is 5.41 Å². The number of hydrogen-bond donors (Lipinski definition) is 0. The van der Waals surface area contributed by atoms with Crippen molar-refractivity contribution in [3.8, 4) is 158 Å². The molecule has 1 aliphatic rings. The second-order valence-electron chi connectivity index (χ2n) is 19.3. The van der Waals surface area contributed by atoms with Crippen molar-refractivity contribution in [2.75, 3.05) is 0 Å². The van der Waals surface area contributed by atoms with Gasteiger partial charge in [0.25, 0.3) is 0 Å². The summed E-state index contributed by atoms with van der Waals surface area (Å²) in [5.74, 6) is 18.2. The summed E-state index contributed by atoms with van der Waals surface area (Å²) >= 11 is 0. The molecular weight excluding hydrogens is 921 g/mol. The van der Waals surface area contributed by atoms with Gasteiger partial charge in [-0.15, -0.1) is 38.5 Å². The molecule has 2 heterocycles. The van der Waals surface area contributed by atoms with E-state index in [2.05, 4.69) is 139 Å². The van der Waals surface area contributed by atoms with Gasteiger partial charge in [-0.05, 0) is 140 Å². The molecule has 0 bridgehead atoms. The number of terminal acetylenes is 6. The molecule has 2 aromatic heterocycles. The van der Waals surface area contributed by atoms with Crippen molar-refractivity contribution >= 4 is 21.8 Å². The molecule has 0 spiro atoms. The van der Waals surface area contributed by atoms with Gasteiger partial charge in [-0.25, -0.2) is 4.98 Å². The van der Waals surface area contributed by atoms with E-state index in [9.17, 15) is 0 Å². The van der Waals surface area contributed by atoms with Gasteiger partial charge in [0, 0.05) is 60.7 Å². The van der Waals surface area contributed by atoms with Crippen molar-refractivity contribution in [2.24, 2.45) is 0 Å². The van der Waals surface area contributed by atoms with E-state index in [0.717, 1.165) is 77.4 Å². The minimum atomic E-state index is -0.230. The quantitative estimate of drug-likeness (QED) is 0.150. The van der Waals surface area contributed by atoms with Gasteiger partial charge in [-0.1, -0.05) is 159 Å². The van der Waals surface area contributed by atoms with Crippen molar-refractivity contribution in [2.45, 2.75) is 19.3 Å². The van der Waals surface area contributed by atoms with Crippen molar-refractivity contribution < 1.29 is 0 Å². The lowest BCUT2D eigenvalue weighted by molar-refractivity contribution is 0.661. The molecule has 9 aromatic carbocycles. The molecule has 4 nitrogen and oxygen atoms in total. The molecule has 0 aliphatic heterocycles. The number of benzene rings is 9. The van der Waals surface area contributed by atoms with Gasteiger partial charge in [-0.2, -0.15) is 9.97 Å². The zero-order valence-corrected chi connectivity index (χ0v) is 41.6. The Morgan fingerprint density at radius 3 is 1.50 bits per heavy atom. The van der Waals surface area contributed by atoms with Gasteiger partial charge in [-0.3, -0.25) is 4.57 Å². The lowest BCUT2D eigenvalue weighted by atomic mass is 9.82. The molecule has 350 valence electrons. The Morgan fingerprint density at radius 2 is 0.868 bits per heavy atom. The fraction of sp³-hybridized carbons (Fsp3) is 0.0417. The van der Waals surface area contributed by atoms with Crippen molar-refractivity contribution in [1.82, 2.24) is 19.5 Å². The van der Waals surface area contributed by atoms with Crippen LogP contribution in [0, 0.1) is 74.1 Å². The average molecular weight is 963 g/mol. The fourth-order valence-electron chi connectivity index (χ4n) is 11.0. The Balaban J connectivity index is 1.13. The molecule has 0 amide bonds. The van der Waals surface area contributed by atoms with E-state index in [4.69, 9.17) is 53.5 Å². The zero-order valence-electron chi connectivity index (χ0n) is 41.6. The van der Waals surface area contributed by atoms with Crippen LogP contribution < -0.4 is 0 Å². The molecule has 0 unspecified atom stereocenters. The Bertz CT molecular complexity index is 4460. The Morgan fingerprint density at radius 1 is 0.342 bits per heavy atom. The minimum Gasteiger partial charge on any atom is -0.278 e. The van der Waals surface area contributed by atoms with Crippen LogP contribution in [0.5, 0.6) is 0 Å². The summed E-state index contributed by atoms with van der Waals surface area (Å²) in [7, 11) is 0. The first-order valence-electron chi connectivity index (χ1n) is 24.7. The third-order valence-corrected chi connectivity index (χ3v) is 14.7. The number of rotatable bonds is 7. The van der Waals surface area contributed by atoms with Crippen LogP contribution in [0.1, 0.15) is 58.4 Å². The molecule has 0 atom stereocenters. The average Bonchev–Trinajstić information content (AvgIpc) is 4.11. The van der Waals surface area contributed by atoms with Crippen LogP contribution in [0.15, 0.2) is 182 Å². The summed E-state index contributed by atoms with van der Waals surface area (Å²) in [6, 6.07) is 61.9. The number of aromatic nitrogens is 4. The number of fused-ring (bicyclic) bond motifs is 6. The maximum absolute atomic E-state index is 6.15. The Kier molecular flexibility index (Phi) is 11.1. The second-order valence-corrected chi connectivity index (χ2v) is 19.3. The highest BCUT2D eigenvalue weighted by Gasteiger charge is 2.36. The number of hydrogen-bond acceptors (Lipinski definition) is 3. The monoisotopic (exact) mass is 962 g/mol. The highest BCUT2D eigenvalue weighted by Crippen LogP contribution is 2.51. The van der Waals surface area contributed by atoms with Gasteiger partial charge >= 0.3 is 0 Å². The second kappa shape index (κ2) is 18.3. The van der Waals surface area contributed by atoms with Crippen LogP contribution in [-0.4, -0.2) is 19.5 Å². The van der Waals surface area contributed by atoms with E-state index in [1.54, 1.807) is 0 Å². The first kappa shape index (κ1) is 46.2. The molecule has 11 aromatic rings. The summed E-state index contributed by atoms with van der Waals surface area (Å²) < 4.78 is 2.19. The third kappa shape index (κ3) is 7.52. The van der Waals surface area contributed by atoms with E-state index < -0.39 is 0 Å². The number of para-hydroxylation sites is 1. The maximum atomic E-state index is 6.15. The molecule has 0 radical (unpaired) electrons. The van der Waals surface area contributed by atoms with Crippen LogP contribution >= 0.6 is 0 Å². The fourth-order valence-corrected chi connectivity index (χ4v) is 11.0. The van der Waals surface area contributed by atoms with Crippen molar-refractivity contribution in [1.29, 1.82) is 0 Å².